The SMILES string of the molecule is CC1(C)CN(c2cc(C(F)(F)F)cc3cncn23)CCN1S(=O)(=O)NOC(=O)C(F)(F)F. The van der Waals surface area contributed by atoms with Gasteiger partial charge in [0, 0.05) is 25.2 Å². The number of hydrogen-bond acceptors (Lipinski definition) is 6. The molecule has 0 amide bonds. The van der Waals surface area contributed by atoms with Crippen molar-refractivity contribution in [2.24, 2.45) is 0 Å². The Kier molecular flexibility index (Phi) is 5.84. The third kappa shape index (κ3) is 4.75. The Morgan fingerprint density at radius 3 is 2.38 bits per heavy atom. The van der Waals surface area contributed by atoms with Crippen LogP contribution in [0.4, 0.5) is 32.2 Å². The van der Waals surface area contributed by atoms with Crippen molar-refractivity contribution >= 4 is 27.5 Å². The van der Waals surface area contributed by atoms with Crippen LogP contribution < -0.4 is 9.79 Å². The molecule has 1 saturated heterocycles. The number of alkyl halides is 6. The standard InChI is InChI=1S/C16H17F6N5O4S/c1-14(2)8-25(3-4-27(14)32(29,30)24-31-13(28)16(20,21)22)12-6-10(15(17,18)19)5-11-7-23-9-26(11)12/h5-7,9,24H,3-4,8H2,1-2H3. The summed E-state index contributed by atoms with van der Waals surface area (Å²) in [7, 11) is -4.70. The molecule has 178 valence electrons. The number of imidazole rings is 1. The van der Waals surface area contributed by atoms with E-state index >= 15 is 0 Å². The largest absolute Gasteiger partial charge is 0.492 e. The molecule has 0 bridgehead atoms. The molecule has 1 N–H and O–H groups in total. The second kappa shape index (κ2) is 7.77. The van der Waals surface area contributed by atoms with Crippen molar-refractivity contribution in [2.45, 2.75) is 31.7 Å². The summed E-state index contributed by atoms with van der Waals surface area (Å²) in [5, 5.41) is 0. The van der Waals surface area contributed by atoms with Gasteiger partial charge in [-0.2, -0.15) is 39.1 Å². The van der Waals surface area contributed by atoms with E-state index in [1.807, 2.05) is 0 Å². The van der Waals surface area contributed by atoms with E-state index in [0.717, 1.165) is 21.3 Å². The fourth-order valence-electron chi connectivity index (χ4n) is 3.39. The average Bonchev–Trinajstić information content (AvgIpc) is 3.11. The number of hydrogen-bond donors (Lipinski definition) is 1. The van der Waals surface area contributed by atoms with E-state index in [9.17, 15) is 39.6 Å². The zero-order valence-corrected chi connectivity index (χ0v) is 17.3. The molecule has 0 aliphatic carbocycles. The van der Waals surface area contributed by atoms with Crippen LogP contribution in [0.3, 0.4) is 0 Å². The third-order valence-corrected chi connectivity index (χ3v) is 6.29. The smallest absolute Gasteiger partial charge is 0.354 e. The number of piperazine rings is 1. The van der Waals surface area contributed by atoms with Crippen molar-refractivity contribution in [1.29, 1.82) is 0 Å². The summed E-state index contributed by atoms with van der Waals surface area (Å²) in [6.45, 7) is 2.28. The van der Waals surface area contributed by atoms with Crippen molar-refractivity contribution in [2.75, 3.05) is 24.5 Å². The molecule has 0 radical (unpaired) electrons. The molecule has 0 atom stereocenters. The minimum Gasteiger partial charge on any atom is -0.354 e. The molecule has 0 spiro atoms. The molecule has 16 heteroatoms. The highest BCUT2D eigenvalue weighted by Gasteiger charge is 2.45. The number of nitrogens with zero attached hydrogens (tertiary/aromatic N) is 4. The molecule has 1 aliphatic heterocycles. The van der Waals surface area contributed by atoms with Gasteiger partial charge in [-0.1, -0.05) is 0 Å². The molecule has 32 heavy (non-hydrogen) atoms. The van der Waals surface area contributed by atoms with Crippen LogP contribution in [0.25, 0.3) is 5.52 Å². The first-order valence-corrected chi connectivity index (χ1v) is 10.3. The van der Waals surface area contributed by atoms with Crippen LogP contribution in [0.5, 0.6) is 0 Å². The van der Waals surface area contributed by atoms with Gasteiger partial charge in [0.05, 0.1) is 17.3 Å². The minimum atomic E-state index is -5.41. The van der Waals surface area contributed by atoms with E-state index in [4.69, 9.17) is 0 Å². The quantitative estimate of drug-likeness (QED) is 0.522. The number of carbonyl (C=O) groups excluding carboxylic acids is 1. The maximum absolute atomic E-state index is 13.3. The molecule has 3 rings (SSSR count). The summed E-state index contributed by atoms with van der Waals surface area (Å²) >= 11 is 0. The van der Waals surface area contributed by atoms with Crippen molar-refractivity contribution in [1.82, 2.24) is 18.6 Å². The minimum absolute atomic E-state index is 0.105. The van der Waals surface area contributed by atoms with E-state index in [2.05, 4.69) is 9.82 Å². The van der Waals surface area contributed by atoms with Crippen LogP contribution in [0.1, 0.15) is 19.4 Å². The van der Waals surface area contributed by atoms with E-state index in [-0.39, 0.29) is 31.0 Å². The topological polar surface area (TPSA) is 96.2 Å². The normalized spacial score (nSPS) is 18.2. The number of pyridine rings is 1. The summed E-state index contributed by atoms with van der Waals surface area (Å²) in [4.78, 5) is 20.9. The lowest BCUT2D eigenvalue weighted by atomic mass is 10.0. The predicted octanol–water partition coefficient (Wildman–Crippen LogP) is 2.11. The number of nitrogens with one attached hydrogen (secondary N) is 1. The first kappa shape index (κ1) is 24.1. The molecular formula is C16H17F6N5O4S. The lowest BCUT2D eigenvalue weighted by Crippen LogP contribution is -2.63. The van der Waals surface area contributed by atoms with Crippen molar-refractivity contribution in [3.8, 4) is 0 Å². The Balaban J connectivity index is 1.85. The number of anilines is 1. The highest BCUT2D eigenvalue weighted by molar-refractivity contribution is 7.87. The van der Waals surface area contributed by atoms with Gasteiger partial charge in [0.15, 0.2) is 0 Å². The Labute approximate surface area is 177 Å². The van der Waals surface area contributed by atoms with Crippen LogP contribution in [0.15, 0.2) is 24.7 Å². The fraction of sp³-hybridized carbons (Fsp3) is 0.500. The third-order valence-electron chi connectivity index (χ3n) is 4.74. The van der Waals surface area contributed by atoms with Gasteiger partial charge in [-0.05, 0) is 30.9 Å². The van der Waals surface area contributed by atoms with Crippen LogP contribution in [0.2, 0.25) is 0 Å². The molecule has 9 nitrogen and oxygen atoms in total. The van der Waals surface area contributed by atoms with Crippen LogP contribution in [-0.4, -0.2) is 59.4 Å². The number of carbonyl (C=O) groups is 1. The van der Waals surface area contributed by atoms with Crippen LogP contribution >= 0.6 is 0 Å². The molecule has 1 aliphatic rings. The Morgan fingerprint density at radius 1 is 1.16 bits per heavy atom. The van der Waals surface area contributed by atoms with Crippen molar-refractivity contribution < 1.29 is 44.4 Å². The van der Waals surface area contributed by atoms with Gasteiger partial charge in [0.1, 0.15) is 12.1 Å². The van der Waals surface area contributed by atoms with Crippen LogP contribution in [0, 0.1) is 0 Å². The first-order valence-electron chi connectivity index (χ1n) is 8.88. The highest BCUT2D eigenvalue weighted by atomic mass is 32.2. The summed E-state index contributed by atoms with van der Waals surface area (Å²) in [6.07, 6.45) is -7.49. The molecule has 3 heterocycles. The lowest BCUT2D eigenvalue weighted by molar-refractivity contribution is -0.203. The molecule has 2 aromatic rings. The Morgan fingerprint density at radius 2 is 1.81 bits per heavy atom. The fourth-order valence-corrected chi connectivity index (χ4v) is 4.70. The predicted molar refractivity (Wildman–Crippen MR) is 97.4 cm³/mol. The number of halogens is 6. The van der Waals surface area contributed by atoms with Crippen molar-refractivity contribution in [3.63, 3.8) is 0 Å². The Bertz CT molecular complexity index is 1130. The van der Waals surface area contributed by atoms with E-state index in [0.29, 0.717) is 0 Å². The van der Waals surface area contributed by atoms with Gasteiger partial charge in [-0.15, -0.1) is 0 Å². The molecule has 1 fully saturated rings. The second-order valence-electron chi connectivity index (χ2n) is 7.57. The van der Waals surface area contributed by atoms with E-state index in [1.54, 1.807) is 0 Å². The molecular weight excluding hydrogens is 472 g/mol. The summed E-state index contributed by atoms with van der Waals surface area (Å²) < 4.78 is 104. The molecule has 2 aromatic heterocycles. The molecule has 0 saturated carbocycles. The summed E-state index contributed by atoms with van der Waals surface area (Å²) in [5.74, 6) is -2.64. The summed E-state index contributed by atoms with van der Waals surface area (Å²) in [6, 6.07) is 1.82. The van der Waals surface area contributed by atoms with Gasteiger partial charge < -0.3 is 9.74 Å². The first-order chi connectivity index (χ1) is 14.5. The number of rotatable bonds is 4. The maximum Gasteiger partial charge on any atom is 0.492 e. The second-order valence-corrected chi connectivity index (χ2v) is 9.13. The monoisotopic (exact) mass is 489 g/mol. The number of aromatic nitrogens is 2. The highest BCUT2D eigenvalue weighted by Crippen LogP contribution is 2.35. The van der Waals surface area contributed by atoms with Crippen LogP contribution in [-0.2, 0) is 26.0 Å². The van der Waals surface area contributed by atoms with Gasteiger partial charge in [0.2, 0.25) is 0 Å². The van der Waals surface area contributed by atoms with Gasteiger partial charge in [0.25, 0.3) is 0 Å². The zero-order chi connectivity index (χ0) is 24.1. The van der Waals surface area contributed by atoms with Gasteiger partial charge in [-0.25, -0.2) is 9.78 Å². The lowest BCUT2D eigenvalue weighted by Gasteiger charge is -2.46. The molecule has 0 aromatic carbocycles. The van der Waals surface area contributed by atoms with Gasteiger partial charge in [-0.3, -0.25) is 4.40 Å². The van der Waals surface area contributed by atoms with E-state index < -0.39 is 39.6 Å². The Hall–Kier alpha value is -2.59. The maximum atomic E-state index is 13.3. The summed E-state index contributed by atoms with van der Waals surface area (Å²) in [5.41, 5.74) is -2.06. The van der Waals surface area contributed by atoms with E-state index in [1.165, 1.54) is 35.7 Å². The average molecular weight is 489 g/mol. The molecule has 0 unspecified atom stereocenters. The number of fused-ring (bicyclic) bond motifs is 1. The van der Waals surface area contributed by atoms with Gasteiger partial charge >= 0.3 is 28.5 Å². The van der Waals surface area contributed by atoms with Crippen molar-refractivity contribution in [3.05, 3.63) is 30.2 Å². The zero-order valence-electron chi connectivity index (χ0n) is 16.5.